The van der Waals surface area contributed by atoms with Crippen molar-refractivity contribution >= 4 is 17.3 Å². The van der Waals surface area contributed by atoms with Crippen LogP contribution in [0.1, 0.15) is 25.3 Å². The first-order valence-electron chi connectivity index (χ1n) is 10.3. The Kier molecular flexibility index (Phi) is 8.15. The zero-order chi connectivity index (χ0) is 21.0. The first-order chi connectivity index (χ1) is 14.7. The predicted octanol–water partition coefficient (Wildman–Crippen LogP) is 5.50. The number of nitrogens with one attached hydrogen (secondary N) is 2. The van der Waals surface area contributed by atoms with Crippen LogP contribution >= 0.6 is 0 Å². The fraction of sp³-hybridized carbons (Fsp3) is 0.240. The van der Waals surface area contributed by atoms with Crippen molar-refractivity contribution in [3.05, 3.63) is 84.4 Å². The number of carbonyl (C=O) groups is 1. The molecule has 3 aromatic rings. The number of hydrogen-bond donors (Lipinski definition) is 2. The number of ether oxygens (including phenoxy) is 2. The number of anilines is 2. The number of benzene rings is 3. The molecule has 1 amide bonds. The summed E-state index contributed by atoms with van der Waals surface area (Å²) in [7, 11) is 0. The Hall–Kier alpha value is -3.47. The monoisotopic (exact) mass is 404 g/mol. The number of unbranched alkanes of at least 4 members (excludes halogenated alkanes) is 1. The molecular weight excluding hydrogens is 376 g/mol. The van der Waals surface area contributed by atoms with E-state index in [1.165, 1.54) is 0 Å². The van der Waals surface area contributed by atoms with E-state index >= 15 is 0 Å². The van der Waals surface area contributed by atoms with Gasteiger partial charge in [-0.05, 0) is 48.4 Å². The van der Waals surface area contributed by atoms with E-state index in [0.29, 0.717) is 19.0 Å². The van der Waals surface area contributed by atoms with Crippen LogP contribution < -0.4 is 20.1 Å². The highest BCUT2D eigenvalue weighted by Crippen LogP contribution is 2.24. The second kappa shape index (κ2) is 11.5. The van der Waals surface area contributed by atoms with Crippen LogP contribution in [0.4, 0.5) is 11.4 Å². The quantitative estimate of drug-likeness (QED) is 0.415. The molecule has 0 aromatic heterocycles. The zero-order valence-corrected chi connectivity index (χ0v) is 17.3. The summed E-state index contributed by atoms with van der Waals surface area (Å²) in [5.74, 6) is 1.39. The van der Waals surface area contributed by atoms with Crippen LogP contribution in [-0.2, 0) is 11.4 Å². The van der Waals surface area contributed by atoms with Crippen molar-refractivity contribution in [1.82, 2.24) is 0 Å². The van der Waals surface area contributed by atoms with Crippen LogP contribution in [0.5, 0.6) is 11.5 Å². The van der Waals surface area contributed by atoms with Crippen LogP contribution in [0.3, 0.4) is 0 Å². The largest absolute Gasteiger partial charge is 0.494 e. The van der Waals surface area contributed by atoms with E-state index in [0.717, 1.165) is 35.5 Å². The third kappa shape index (κ3) is 6.85. The van der Waals surface area contributed by atoms with Crippen LogP contribution in [0, 0.1) is 0 Å². The Morgan fingerprint density at radius 3 is 2.37 bits per heavy atom. The van der Waals surface area contributed by atoms with Gasteiger partial charge in [0.05, 0.1) is 18.8 Å². The third-order valence-corrected chi connectivity index (χ3v) is 4.47. The van der Waals surface area contributed by atoms with Gasteiger partial charge in [-0.15, -0.1) is 0 Å². The van der Waals surface area contributed by atoms with Crippen molar-refractivity contribution in [2.45, 2.75) is 26.4 Å². The van der Waals surface area contributed by atoms with Crippen LogP contribution in [-0.4, -0.2) is 19.1 Å². The van der Waals surface area contributed by atoms with E-state index < -0.39 is 0 Å². The minimum atomic E-state index is -0.132. The molecule has 3 aromatic carbocycles. The molecule has 0 radical (unpaired) electrons. The Labute approximate surface area is 178 Å². The van der Waals surface area contributed by atoms with Gasteiger partial charge in [0.25, 0.3) is 0 Å². The summed E-state index contributed by atoms with van der Waals surface area (Å²) in [6, 6.07) is 25.0. The Morgan fingerprint density at radius 1 is 0.867 bits per heavy atom. The standard InChI is InChI=1S/C25H28N2O3/c1-2-3-17-29-22-15-13-21(14-16-22)27-25(28)18-26-23-11-7-8-12-24(23)30-19-20-9-5-4-6-10-20/h4-16,26H,2-3,17-19H2,1H3,(H,27,28). The van der Waals surface area contributed by atoms with Gasteiger partial charge in [-0.1, -0.05) is 55.8 Å². The summed E-state index contributed by atoms with van der Waals surface area (Å²) < 4.78 is 11.6. The first-order valence-corrected chi connectivity index (χ1v) is 10.3. The smallest absolute Gasteiger partial charge is 0.243 e. The van der Waals surface area contributed by atoms with Crippen molar-refractivity contribution in [2.75, 3.05) is 23.8 Å². The third-order valence-electron chi connectivity index (χ3n) is 4.47. The summed E-state index contributed by atoms with van der Waals surface area (Å²) in [6.45, 7) is 3.45. The molecule has 0 atom stereocenters. The highest BCUT2D eigenvalue weighted by Gasteiger charge is 2.07. The lowest BCUT2D eigenvalue weighted by Gasteiger charge is -2.13. The summed E-state index contributed by atoms with van der Waals surface area (Å²) in [4.78, 5) is 12.3. The minimum absolute atomic E-state index is 0.132. The number of carbonyl (C=O) groups excluding carboxylic acids is 1. The summed E-state index contributed by atoms with van der Waals surface area (Å²) in [5.41, 5.74) is 2.61. The van der Waals surface area contributed by atoms with Crippen LogP contribution in [0.25, 0.3) is 0 Å². The molecule has 0 heterocycles. The van der Waals surface area contributed by atoms with Crippen LogP contribution in [0.2, 0.25) is 0 Å². The number of rotatable bonds is 11. The molecule has 3 rings (SSSR count). The average molecular weight is 405 g/mol. The zero-order valence-electron chi connectivity index (χ0n) is 17.3. The van der Waals surface area contributed by atoms with Crippen molar-refractivity contribution in [3.8, 4) is 11.5 Å². The van der Waals surface area contributed by atoms with Gasteiger partial charge in [-0.3, -0.25) is 4.79 Å². The maximum Gasteiger partial charge on any atom is 0.243 e. The molecule has 0 spiro atoms. The summed E-state index contributed by atoms with van der Waals surface area (Å²) >= 11 is 0. The molecule has 30 heavy (non-hydrogen) atoms. The molecule has 0 aliphatic carbocycles. The number of hydrogen-bond acceptors (Lipinski definition) is 4. The van der Waals surface area contributed by atoms with Crippen molar-refractivity contribution in [1.29, 1.82) is 0 Å². The molecule has 0 aliphatic heterocycles. The van der Waals surface area contributed by atoms with E-state index in [-0.39, 0.29) is 12.5 Å². The lowest BCUT2D eigenvalue weighted by Crippen LogP contribution is -2.22. The number of para-hydroxylation sites is 2. The molecule has 0 saturated heterocycles. The molecule has 156 valence electrons. The Bertz CT molecular complexity index is 911. The van der Waals surface area contributed by atoms with Gasteiger partial charge >= 0.3 is 0 Å². The minimum Gasteiger partial charge on any atom is -0.494 e. The number of amides is 1. The molecular formula is C25H28N2O3. The van der Waals surface area contributed by atoms with Crippen molar-refractivity contribution < 1.29 is 14.3 Å². The fourth-order valence-electron chi connectivity index (χ4n) is 2.82. The SMILES string of the molecule is CCCCOc1ccc(NC(=O)CNc2ccccc2OCc2ccccc2)cc1. The second-order valence-corrected chi connectivity index (χ2v) is 6.90. The first kappa shape index (κ1) is 21.2. The van der Waals surface area contributed by atoms with Crippen molar-refractivity contribution in [2.24, 2.45) is 0 Å². The average Bonchev–Trinajstić information content (AvgIpc) is 2.79. The van der Waals surface area contributed by atoms with E-state index in [9.17, 15) is 4.79 Å². The Balaban J connectivity index is 1.48. The van der Waals surface area contributed by atoms with Gasteiger partial charge in [0.15, 0.2) is 0 Å². The van der Waals surface area contributed by atoms with Gasteiger partial charge in [0.1, 0.15) is 18.1 Å². The normalized spacial score (nSPS) is 10.3. The van der Waals surface area contributed by atoms with Gasteiger partial charge in [0, 0.05) is 5.69 Å². The lowest BCUT2D eigenvalue weighted by atomic mass is 10.2. The molecule has 0 fully saturated rings. The molecule has 0 saturated carbocycles. The summed E-state index contributed by atoms with van der Waals surface area (Å²) in [5, 5.41) is 6.04. The highest BCUT2D eigenvalue weighted by molar-refractivity contribution is 5.94. The second-order valence-electron chi connectivity index (χ2n) is 6.90. The molecule has 0 bridgehead atoms. The molecule has 5 heteroatoms. The molecule has 0 aliphatic rings. The van der Waals surface area contributed by atoms with Crippen molar-refractivity contribution in [3.63, 3.8) is 0 Å². The van der Waals surface area contributed by atoms with Crippen LogP contribution in [0.15, 0.2) is 78.9 Å². The van der Waals surface area contributed by atoms with E-state index in [1.807, 2.05) is 78.9 Å². The lowest BCUT2D eigenvalue weighted by molar-refractivity contribution is -0.114. The molecule has 0 unspecified atom stereocenters. The van der Waals surface area contributed by atoms with Gasteiger partial charge < -0.3 is 20.1 Å². The highest BCUT2D eigenvalue weighted by atomic mass is 16.5. The topological polar surface area (TPSA) is 59.6 Å². The maximum absolute atomic E-state index is 12.3. The van der Waals surface area contributed by atoms with E-state index in [1.54, 1.807) is 0 Å². The van der Waals surface area contributed by atoms with Gasteiger partial charge in [0.2, 0.25) is 5.91 Å². The van der Waals surface area contributed by atoms with Gasteiger partial charge in [-0.25, -0.2) is 0 Å². The fourth-order valence-corrected chi connectivity index (χ4v) is 2.82. The predicted molar refractivity (Wildman–Crippen MR) is 121 cm³/mol. The molecule has 5 nitrogen and oxygen atoms in total. The van der Waals surface area contributed by atoms with Gasteiger partial charge in [-0.2, -0.15) is 0 Å². The summed E-state index contributed by atoms with van der Waals surface area (Å²) in [6.07, 6.45) is 2.13. The Morgan fingerprint density at radius 2 is 1.60 bits per heavy atom. The van der Waals surface area contributed by atoms with E-state index in [4.69, 9.17) is 9.47 Å². The molecule has 2 N–H and O–H groups in total. The maximum atomic E-state index is 12.3. The van der Waals surface area contributed by atoms with E-state index in [2.05, 4.69) is 17.6 Å².